The molecule has 1 aliphatic rings. The van der Waals surface area contributed by atoms with Crippen molar-refractivity contribution in [2.24, 2.45) is 0 Å². The molecule has 0 spiro atoms. The van der Waals surface area contributed by atoms with Crippen molar-refractivity contribution in [1.82, 2.24) is 0 Å². The fraction of sp³-hybridized carbons (Fsp3) is 0.533. The largest absolute Gasteiger partial charge is 0.464 e. The van der Waals surface area contributed by atoms with E-state index in [0.717, 1.165) is 0 Å². The van der Waals surface area contributed by atoms with E-state index in [-0.39, 0.29) is 17.9 Å². The molecule has 5 heteroatoms. The molecular weight excluding hydrogens is 261 g/mol. The second-order valence-electron chi connectivity index (χ2n) is 4.89. The van der Waals surface area contributed by atoms with Crippen molar-refractivity contribution in [2.45, 2.75) is 38.3 Å². The van der Waals surface area contributed by atoms with Gasteiger partial charge in [0.05, 0.1) is 18.4 Å². The first-order valence-electron chi connectivity index (χ1n) is 6.93. The predicted molar refractivity (Wildman–Crippen MR) is 74.0 cm³/mol. The number of benzene rings is 1. The van der Waals surface area contributed by atoms with Crippen molar-refractivity contribution < 1.29 is 18.7 Å². The van der Waals surface area contributed by atoms with E-state index in [1.54, 1.807) is 25.1 Å². The summed E-state index contributed by atoms with van der Waals surface area (Å²) in [7, 11) is 0. The van der Waals surface area contributed by atoms with Gasteiger partial charge in [0.2, 0.25) is 0 Å². The number of anilines is 1. The normalized spacial score (nSPS) is 24.9. The van der Waals surface area contributed by atoms with E-state index in [1.807, 2.05) is 6.92 Å². The Labute approximate surface area is 118 Å². The number of ether oxygens (including phenoxy) is 2. The molecule has 0 aliphatic heterocycles. The van der Waals surface area contributed by atoms with Crippen LogP contribution in [-0.2, 0) is 14.3 Å². The Morgan fingerprint density at radius 2 is 2.05 bits per heavy atom. The van der Waals surface area contributed by atoms with Gasteiger partial charge in [-0.05, 0) is 26.0 Å². The average Bonchev–Trinajstić information content (AvgIpc) is 2.38. The molecule has 1 aromatic carbocycles. The standard InChI is InChI=1S/C15H20FNO3/c1-3-19-11-9-15(10-11,14(18)20-4-2)17-13-8-6-5-7-12(13)16/h5-8,11,17H,3-4,9-10H2,1-2H3. The zero-order valence-electron chi connectivity index (χ0n) is 11.8. The third kappa shape index (κ3) is 2.93. The van der Waals surface area contributed by atoms with Crippen LogP contribution in [0.5, 0.6) is 0 Å². The Bertz CT molecular complexity index is 472. The number of nitrogens with one attached hydrogen (secondary N) is 1. The summed E-state index contributed by atoms with van der Waals surface area (Å²) in [6.45, 7) is 4.57. The average molecular weight is 281 g/mol. The van der Waals surface area contributed by atoms with E-state index in [9.17, 15) is 9.18 Å². The molecule has 1 fully saturated rings. The minimum atomic E-state index is -0.877. The first-order valence-corrected chi connectivity index (χ1v) is 6.93. The predicted octanol–water partition coefficient (Wildman–Crippen LogP) is 2.74. The number of hydrogen-bond acceptors (Lipinski definition) is 4. The van der Waals surface area contributed by atoms with Gasteiger partial charge >= 0.3 is 5.97 Å². The zero-order valence-corrected chi connectivity index (χ0v) is 11.8. The second-order valence-corrected chi connectivity index (χ2v) is 4.89. The molecule has 4 nitrogen and oxygen atoms in total. The van der Waals surface area contributed by atoms with Gasteiger partial charge in [-0.1, -0.05) is 12.1 Å². The van der Waals surface area contributed by atoms with Gasteiger partial charge in [-0.15, -0.1) is 0 Å². The van der Waals surface area contributed by atoms with Gasteiger partial charge in [0.15, 0.2) is 0 Å². The lowest BCUT2D eigenvalue weighted by atomic mass is 9.73. The van der Waals surface area contributed by atoms with E-state index in [4.69, 9.17) is 9.47 Å². The fourth-order valence-electron chi connectivity index (χ4n) is 2.48. The van der Waals surface area contributed by atoms with Crippen molar-refractivity contribution in [3.63, 3.8) is 0 Å². The van der Waals surface area contributed by atoms with Crippen molar-refractivity contribution in [3.8, 4) is 0 Å². The molecule has 2 rings (SSSR count). The van der Waals surface area contributed by atoms with Crippen LogP contribution in [0.1, 0.15) is 26.7 Å². The summed E-state index contributed by atoms with van der Waals surface area (Å²) in [6, 6.07) is 6.31. The highest BCUT2D eigenvalue weighted by atomic mass is 19.1. The first-order chi connectivity index (χ1) is 9.61. The maximum atomic E-state index is 13.7. The van der Waals surface area contributed by atoms with E-state index < -0.39 is 5.54 Å². The molecule has 0 atom stereocenters. The fourth-order valence-corrected chi connectivity index (χ4v) is 2.48. The lowest BCUT2D eigenvalue weighted by Crippen LogP contribution is -2.60. The molecule has 0 heterocycles. The second kappa shape index (κ2) is 6.22. The Morgan fingerprint density at radius 3 is 2.65 bits per heavy atom. The molecule has 0 amide bonds. The van der Waals surface area contributed by atoms with Gasteiger partial charge in [-0.25, -0.2) is 9.18 Å². The molecule has 0 radical (unpaired) electrons. The molecule has 1 aromatic rings. The van der Waals surface area contributed by atoms with Crippen molar-refractivity contribution in [1.29, 1.82) is 0 Å². The van der Waals surface area contributed by atoms with Gasteiger partial charge in [-0.2, -0.15) is 0 Å². The molecule has 0 saturated heterocycles. The third-order valence-electron chi connectivity index (χ3n) is 3.47. The summed E-state index contributed by atoms with van der Waals surface area (Å²) >= 11 is 0. The van der Waals surface area contributed by atoms with E-state index in [1.165, 1.54) is 6.07 Å². The Morgan fingerprint density at radius 1 is 1.35 bits per heavy atom. The van der Waals surface area contributed by atoms with Crippen molar-refractivity contribution in [2.75, 3.05) is 18.5 Å². The molecule has 1 saturated carbocycles. The number of carbonyl (C=O) groups excluding carboxylic acids is 1. The van der Waals surface area contributed by atoms with Crippen molar-refractivity contribution >= 4 is 11.7 Å². The maximum Gasteiger partial charge on any atom is 0.331 e. The highest BCUT2D eigenvalue weighted by Gasteiger charge is 2.52. The lowest BCUT2D eigenvalue weighted by Gasteiger charge is -2.45. The molecule has 1 N–H and O–H groups in total. The van der Waals surface area contributed by atoms with Crippen LogP contribution in [0, 0.1) is 5.82 Å². The van der Waals surface area contributed by atoms with Gasteiger partial charge in [0, 0.05) is 19.4 Å². The maximum absolute atomic E-state index is 13.7. The summed E-state index contributed by atoms with van der Waals surface area (Å²) in [5.41, 5.74) is -0.562. The Hall–Kier alpha value is -1.62. The minimum Gasteiger partial charge on any atom is -0.464 e. The molecule has 1 aliphatic carbocycles. The lowest BCUT2D eigenvalue weighted by molar-refractivity contribution is -0.158. The van der Waals surface area contributed by atoms with E-state index >= 15 is 0 Å². The highest BCUT2D eigenvalue weighted by Crippen LogP contribution is 2.39. The summed E-state index contributed by atoms with van der Waals surface area (Å²) < 4.78 is 24.3. The molecule has 0 aromatic heterocycles. The number of carbonyl (C=O) groups is 1. The van der Waals surface area contributed by atoms with Gasteiger partial charge in [-0.3, -0.25) is 0 Å². The summed E-state index contributed by atoms with van der Waals surface area (Å²) in [5, 5.41) is 3.00. The monoisotopic (exact) mass is 281 g/mol. The van der Waals surface area contributed by atoms with Crippen LogP contribution < -0.4 is 5.32 Å². The number of esters is 1. The Balaban J connectivity index is 2.13. The van der Waals surface area contributed by atoms with Crippen LogP contribution in [0.3, 0.4) is 0 Å². The Kier molecular flexibility index (Phi) is 4.60. The molecule has 0 unspecified atom stereocenters. The quantitative estimate of drug-likeness (QED) is 0.814. The van der Waals surface area contributed by atoms with Crippen LogP contribution in [0.4, 0.5) is 10.1 Å². The first kappa shape index (κ1) is 14.8. The molecule has 20 heavy (non-hydrogen) atoms. The minimum absolute atomic E-state index is 0.0173. The van der Waals surface area contributed by atoms with Gasteiger partial charge < -0.3 is 14.8 Å². The SMILES string of the molecule is CCOC(=O)C1(Nc2ccccc2F)CC(OCC)C1. The third-order valence-corrected chi connectivity index (χ3v) is 3.47. The van der Waals surface area contributed by atoms with Crippen LogP contribution in [0.2, 0.25) is 0 Å². The van der Waals surface area contributed by atoms with Crippen LogP contribution >= 0.6 is 0 Å². The van der Waals surface area contributed by atoms with Crippen LogP contribution in [0.25, 0.3) is 0 Å². The zero-order chi connectivity index (χ0) is 14.6. The summed E-state index contributed by atoms with van der Waals surface area (Å²) in [5.74, 6) is -0.727. The van der Waals surface area contributed by atoms with E-state index in [0.29, 0.717) is 31.7 Å². The summed E-state index contributed by atoms with van der Waals surface area (Å²) in [4.78, 5) is 12.2. The number of halogens is 1. The summed E-state index contributed by atoms with van der Waals surface area (Å²) in [6.07, 6.45) is 1.01. The smallest absolute Gasteiger partial charge is 0.331 e. The van der Waals surface area contributed by atoms with Gasteiger partial charge in [0.1, 0.15) is 11.4 Å². The molecule has 110 valence electrons. The van der Waals surface area contributed by atoms with Crippen LogP contribution in [-0.4, -0.2) is 30.8 Å². The highest BCUT2D eigenvalue weighted by molar-refractivity contribution is 5.86. The molecule has 0 bridgehead atoms. The number of para-hydroxylation sites is 1. The number of rotatable bonds is 6. The van der Waals surface area contributed by atoms with Gasteiger partial charge in [0.25, 0.3) is 0 Å². The van der Waals surface area contributed by atoms with Crippen LogP contribution in [0.15, 0.2) is 24.3 Å². The topological polar surface area (TPSA) is 47.6 Å². The van der Waals surface area contributed by atoms with E-state index in [2.05, 4.69) is 5.32 Å². The van der Waals surface area contributed by atoms with Crippen molar-refractivity contribution in [3.05, 3.63) is 30.1 Å². The number of hydrogen-bond donors (Lipinski definition) is 1. The molecular formula is C15H20FNO3.